The van der Waals surface area contributed by atoms with Gasteiger partial charge in [-0.05, 0) is 12.1 Å². The zero-order valence-electron chi connectivity index (χ0n) is 9.91. The molecule has 110 valence electrons. The van der Waals surface area contributed by atoms with Crippen molar-refractivity contribution in [2.24, 2.45) is 0 Å². The van der Waals surface area contributed by atoms with Gasteiger partial charge < -0.3 is 29.9 Å². The Hall–Kier alpha value is -2.07. The summed E-state index contributed by atoms with van der Waals surface area (Å²) in [5, 5.41) is 45.5. The van der Waals surface area contributed by atoms with E-state index in [4.69, 9.17) is 10.2 Å². The van der Waals surface area contributed by atoms with Gasteiger partial charge in [-0.1, -0.05) is 0 Å². The molecule has 9 heteroatoms. The second-order valence-corrected chi connectivity index (χ2v) is 3.88. The Bertz CT molecular complexity index is 492. The summed E-state index contributed by atoms with van der Waals surface area (Å²) in [6, 6.07) is 2.45. The molecule has 0 aliphatic rings. The number of Topliss-reactive ketones (excluding diaryl/α,β-unsaturated/α-hetero) is 2. The van der Waals surface area contributed by atoms with Crippen LogP contribution in [-0.4, -0.2) is 67.5 Å². The second kappa shape index (κ2) is 6.39. The third-order valence-electron chi connectivity index (χ3n) is 2.49. The Morgan fingerprint density at radius 1 is 1.00 bits per heavy atom. The topological polar surface area (TPSA) is 166 Å². The number of carboxylic acid groups (broad SMARTS) is 1. The molecule has 0 saturated carbocycles. The monoisotopic (exact) mass is 288 g/mol. The van der Waals surface area contributed by atoms with E-state index < -0.39 is 47.7 Å². The van der Waals surface area contributed by atoms with E-state index in [-0.39, 0.29) is 0 Å². The molecule has 0 fully saturated rings. The Balaban J connectivity index is 2.78. The molecule has 1 aromatic heterocycles. The smallest absolute Gasteiger partial charge is 0.335 e. The van der Waals surface area contributed by atoms with Crippen molar-refractivity contribution in [3.8, 4) is 0 Å². The Morgan fingerprint density at radius 3 is 2.00 bits per heavy atom. The standard InChI is InChI=1S/C11H12O9/c12-5(4-2-1-3-20-4)6(13)7(14)8(15)9(16)10(17)11(18)19/h1-3,7-10,14-17H,(H,18,19)/t7-,8+,9-,10-/m0/s1. The minimum absolute atomic E-state index is 0.394. The van der Waals surface area contributed by atoms with E-state index in [2.05, 4.69) is 4.42 Å². The maximum absolute atomic E-state index is 11.5. The van der Waals surface area contributed by atoms with E-state index in [1.807, 2.05) is 0 Å². The summed E-state index contributed by atoms with van der Waals surface area (Å²) in [4.78, 5) is 33.4. The zero-order chi connectivity index (χ0) is 15.4. The molecule has 5 N–H and O–H groups in total. The van der Waals surface area contributed by atoms with Gasteiger partial charge in [0.1, 0.15) is 18.3 Å². The number of hydrogen-bond donors (Lipinski definition) is 5. The Kier molecular flexibility index (Phi) is 5.11. The highest BCUT2D eigenvalue weighted by Gasteiger charge is 2.40. The van der Waals surface area contributed by atoms with E-state index in [0.29, 0.717) is 0 Å². The number of ketones is 2. The first-order chi connectivity index (χ1) is 9.27. The van der Waals surface area contributed by atoms with Crippen LogP contribution in [0.2, 0.25) is 0 Å². The number of aliphatic carboxylic acids is 1. The first kappa shape index (κ1) is 16.0. The largest absolute Gasteiger partial charge is 0.479 e. The maximum Gasteiger partial charge on any atom is 0.335 e. The normalized spacial score (nSPS) is 17.0. The van der Waals surface area contributed by atoms with E-state index in [1.54, 1.807) is 0 Å². The van der Waals surface area contributed by atoms with Crippen LogP contribution in [0.4, 0.5) is 0 Å². The molecular formula is C11H12O9. The van der Waals surface area contributed by atoms with Gasteiger partial charge in [0.25, 0.3) is 5.78 Å². The second-order valence-electron chi connectivity index (χ2n) is 3.88. The first-order valence-corrected chi connectivity index (χ1v) is 5.34. The van der Waals surface area contributed by atoms with Crippen LogP contribution in [0.5, 0.6) is 0 Å². The highest BCUT2D eigenvalue weighted by Crippen LogP contribution is 2.10. The number of furan rings is 1. The molecule has 0 aliphatic heterocycles. The molecular weight excluding hydrogens is 276 g/mol. The number of carbonyl (C=O) groups excluding carboxylic acids is 2. The molecule has 0 spiro atoms. The van der Waals surface area contributed by atoms with Crippen LogP contribution in [-0.2, 0) is 9.59 Å². The fraction of sp³-hybridized carbons (Fsp3) is 0.364. The van der Waals surface area contributed by atoms with Crippen LogP contribution in [0.3, 0.4) is 0 Å². The van der Waals surface area contributed by atoms with E-state index in [0.717, 1.165) is 12.3 Å². The fourth-order valence-electron chi connectivity index (χ4n) is 1.34. The highest BCUT2D eigenvalue weighted by molar-refractivity contribution is 6.44. The van der Waals surface area contributed by atoms with Crippen molar-refractivity contribution in [1.29, 1.82) is 0 Å². The molecule has 0 unspecified atom stereocenters. The van der Waals surface area contributed by atoms with Crippen LogP contribution in [0.15, 0.2) is 22.8 Å². The quantitative estimate of drug-likeness (QED) is 0.270. The average molecular weight is 288 g/mol. The molecule has 0 aliphatic carbocycles. The van der Waals surface area contributed by atoms with Crippen molar-refractivity contribution in [3.05, 3.63) is 24.2 Å². The molecule has 0 saturated heterocycles. The highest BCUT2D eigenvalue weighted by atomic mass is 16.4. The molecule has 4 atom stereocenters. The first-order valence-electron chi connectivity index (χ1n) is 5.34. The van der Waals surface area contributed by atoms with Crippen LogP contribution < -0.4 is 0 Å². The summed E-state index contributed by atoms with van der Waals surface area (Å²) in [5.41, 5.74) is 0. The summed E-state index contributed by atoms with van der Waals surface area (Å²) in [6.07, 6.45) is -8.43. The lowest BCUT2D eigenvalue weighted by molar-refractivity contribution is -0.164. The molecule has 1 aromatic rings. The van der Waals surface area contributed by atoms with Crippen LogP contribution in [0, 0.1) is 0 Å². The summed E-state index contributed by atoms with van der Waals surface area (Å²) in [7, 11) is 0. The Morgan fingerprint density at radius 2 is 1.55 bits per heavy atom. The average Bonchev–Trinajstić information content (AvgIpc) is 2.96. The number of carboxylic acids is 1. The molecule has 1 rings (SSSR count). The van der Waals surface area contributed by atoms with Crippen molar-refractivity contribution in [1.82, 2.24) is 0 Å². The predicted molar refractivity (Wildman–Crippen MR) is 59.7 cm³/mol. The number of aliphatic hydroxyl groups excluding tert-OH is 4. The predicted octanol–water partition coefficient (Wildman–Crippen LogP) is -2.44. The summed E-state index contributed by atoms with van der Waals surface area (Å²) in [5.74, 6) is -5.04. The van der Waals surface area contributed by atoms with Crippen LogP contribution in [0.25, 0.3) is 0 Å². The summed E-state index contributed by atoms with van der Waals surface area (Å²) >= 11 is 0. The van der Waals surface area contributed by atoms with E-state index in [9.17, 15) is 29.7 Å². The van der Waals surface area contributed by atoms with Gasteiger partial charge in [-0.15, -0.1) is 0 Å². The third-order valence-corrected chi connectivity index (χ3v) is 2.49. The number of hydrogen-bond acceptors (Lipinski definition) is 8. The minimum Gasteiger partial charge on any atom is -0.479 e. The molecule has 9 nitrogen and oxygen atoms in total. The van der Waals surface area contributed by atoms with Gasteiger partial charge in [-0.3, -0.25) is 9.59 Å². The zero-order valence-corrected chi connectivity index (χ0v) is 9.91. The van der Waals surface area contributed by atoms with Gasteiger partial charge in [0.2, 0.25) is 5.78 Å². The van der Waals surface area contributed by atoms with Gasteiger partial charge >= 0.3 is 5.97 Å². The van der Waals surface area contributed by atoms with Crippen molar-refractivity contribution >= 4 is 17.5 Å². The molecule has 0 aromatic carbocycles. The van der Waals surface area contributed by atoms with Crippen LogP contribution in [0.1, 0.15) is 10.6 Å². The van der Waals surface area contributed by atoms with Gasteiger partial charge in [-0.2, -0.15) is 0 Å². The number of rotatable bonds is 7. The molecule has 0 bridgehead atoms. The molecule has 20 heavy (non-hydrogen) atoms. The van der Waals surface area contributed by atoms with Gasteiger partial charge in [0, 0.05) is 0 Å². The van der Waals surface area contributed by atoms with Crippen molar-refractivity contribution in [2.45, 2.75) is 24.4 Å². The number of aliphatic hydroxyl groups is 4. The van der Waals surface area contributed by atoms with Crippen molar-refractivity contribution < 1.29 is 44.3 Å². The number of carbonyl (C=O) groups is 3. The Labute approximate surface area is 111 Å². The van der Waals surface area contributed by atoms with E-state index in [1.165, 1.54) is 6.07 Å². The lowest BCUT2D eigenvalue weighted by Crippen LogP contribution is -2.51. The summed E-state index contributed by atoms with van der Waals surface area (Å²) in [6.45, 7) is 0. The van der Waals surface area contributed by atoms with Crippen molar-refractivity contribution in [2.75, 3.05) is 0 Å². The SMILES string of the molecule is O=C(C(=O)[C@H](O)[C@@H](O)[C@H](O)[C@H](O)C(=O)O)c1ccco1. The fourth-order valence-corrected chi connectivity index (χ4v) is 1.34. The third kappa shape index (κ3) is 3.27. The minimum atomic E-state index is -2.42. The van der Waals surface area contributed by atoms with E-state index >= 15 is 0 Å². The van der Waals surface area contributed by atoms with Crippen LogP contribution >= 0.6 is 0 Å². The maximum atomic E-state index is 11.5. The lowest BCUT2D eigenvalue weighted by atomic mass is 9.97. The van der Waals surface area contributed by atoms with Gasteiger partial charge in [0.15, 0.2) is 11.9 Å². The lowest BCUT2D eigenvalue weighted by Gasteiger charge is -2.23. The molecule has 0 radical (unpaired) electrons. The molecule has 1 heterocycles. The van der Waals surface area contributed by atoms with Gasteiger partial charge in [0.05, 0.1) is 6.26 Å². The van der Waals surface area contributed by atoms with Crippen molar-refractivity contribution in [3.63, 3.8) is 0 Å². The van der Waals surface area contributed by atoms with Gasteiger partial charge in [-0.25, -0.2) is 4.79 Å². The summed E-state index contributed by atoms with van der Waals surface area (Å²) < 4.78 is 4.62. The molecule has 0 amide bonds.